The SMILES string of the molecule is CCCC1CCC(CN)C(c2cnccn2)C1. The van der Waals surface area contributed by atoms with E-state index < -0.39 is 0 Å². The molecule has 0 amide bonds. The molecule has 1 aromatic heterocycles. The molecule has 0 spiro atoms. The van der Waals surface area contributed by atoms with E-state index >= 15 is 0 Å². The normalized spacial score (nSPS) is 29.2. The standard InChI is InChI=1S/C14H23N3/c1-2-3-11-4-5-12(9-15)13(8-11)14-10-16-6-7-17-14/h6-7,10-13H,2-5,8-9,15H2,1H3. The molecule has 3 atom stereocenters. The summed E-state index contributed by atoms with van der Waals surface area (Å²) in [6.07, 6.45) is 11.9. The number of hydrogen-bond acceptors (Lipinski definition) is 3. The Labute approximate surface area is 104 Å². The third-order valence-electron chi connectivity index (χ3n) is 4.06. The molecule has 0 saturated heterocycles. The average Bonchev–Trinajstić information content (AvgIpc) is 2.40. The van der Waals surface area contributed by atoms with Crippen LogP contribution in [0.3, 0.4) is 0 Å². The number of hydrogen-bond donors (Lipinski definition) is 1. The first-order chi connectivity index (χ1) is 8.35. The summed E-state index contributed by atoms with van der Waals surface area (Å²) in [4.78, 5) is 8.67. The molecular weight excluding hydrogens is 210 g/mol. The smallest absolute Gasteiger partial charge is 0.0620 e. The van der Waals surface area contributed by atoms with Crippen LogP contribution in [0.4, 0.5) is 0 Å². The Balaban J connectivity index is 2.10. The summed E-state index contributed by atoms with van der Waals surface area (Å²) in [5, 5.41) is 0. The lowest BCUT2D eigenvalue weighted by Gasteiger charge is -2.35. The Morgan fingerprint density at radius 3 is 2.88 bits per heavy atom. The van der Waals surface area contributed by atoms with E-state index in [0.717, 1.165) is 18.2 Å². The second-order valence-electron chi connectivity index (χ2n) is 5.20. The number of nitrogens with two attached hydrogens (primary N) is 1. The highest BCUT2D eigenvalue weighted by Gasteiger charge is 2.31. The first-order valence-corrected chi connectivity index (χ1v) is 6.81. The molecule has 3 nitrogen and oxygen atoms in total. The summed E-state index contributed by atoms with van der Waals surface area (Å²) >= 11 is 0. The zero-order valence-electron chi connectivity index (χ0n) is 10.7. The fourth-order valence-corrected chi connectivity index (χ4v) is 3.14. The van der Waals surface area contributed by atoms with Crippen LogP contribution >= 0.6 is 0 Å². The monoisotopic (exact) mass is 233 g/mol. The first-order valence-electron chi connectivity index (χ1n) is 6.81. The van der Waals surface area contributed by atoms with Crippen LogP contribution < -0.4 is 5.73 Å². The summed E-state index contributed by atoms with van der Waals surface area (Å²) in [5.74, 6) is 1.98. The lowest BCUT2D eigenvalue weighted by Crippen LogP contribution is -2.29. The minimum atomic E-state index is 0.527. The van der Waals surface area contributed by atoms with Gasteiger partial charge in [0.1, 0.15) is 0 Å². The van der Waals surface area contributed by atoms with Gasteiger partial charge in [0.15, 0.2) is 0 Å². The molecule has 1 heterocycles. The van der Waals surface area contributed by atoms with Gasteiger partial charge in [-0.3, -0.25) is 9.97 Å². The molecule has 0 aliphatic heterocycles. The van der Waals surface area contributed by atoms with E-state index in [1.165, 1.54) is 32.1 Å². The maximum absolute atomic E-state index is 5.90. The molecule has 1 aliphatic rings. The van der Waals surface area contributed by atoms with Gasteiger partial charge in [-0.2, -0.15) is 0 Å². The van der Waals surface area contributed by atoms with Crippen LogP contribution in [0.15, 0.2) is 18.6 Å². The molecule has 1 fully saturated rings. The van der Waals surface area contributed by atoms with Crippen molar-refractivity contribution in [3.63, 3.8) is 0 Å². The number of nitrogens with zero attached hydrogens (tertiary/aromatic N) is 2. The molecule has 1 aliphatic carbocycles. The molecule has 2 rings (SSSR count). The van der Waals surface area contributed by atoms with Gasteiger partial charge in [0.25, 0.3) is 0 Å². The van der Waals surface area contributed by atoms with Gasteiger partial charge in [-0.15, -0.1) is 0 Å². The van der Waals surface area contributed by atoms with Crippen LogP contribution in [0.25, 0.3) is 0 Å². The molecule has 3 heteroatoms. The van der Waals surface area contributed by atoms with Crippen molar-refractivity contribution in [2.75, 3.05) is 6.54 Å². The lowest BCUT2D eigenvalue weighted by atomic mass is 9.71. The Hall–Kier alpha value is -0.960. The summed E-state index contributed by atoms with van der Waals surface area (Å²) in [7, 11) is 0. The third-order valence-corrected chi connectivity index (χ3v) is 4.06. The summed E-state index contributed by atoms with van der Waals surface area (Å²) in [5.41, 5.74) is 7.04. The highest BCUT2D eigenvalue weighted by molar-refractivity contribution is 5.07. The molecule has 0 bridgehead atoms. The van der Waals surface area contributed by atoms with Crippen LogP contribution in [-0.2, 0) is 0 Å². The van der Waals surface area contributed by atoms with Gasteiger partial charge in [0, 0.05) is 24.5 Å². The van der Waals surface area contributed by atoms with Gasteiger partial charge < -0.3 is 5.73 Å². The summed E-state index contributed by atoms with van der Waals surface area (Å²) < 4.78 is 0. The van der Waals surface area contributed by atoms with Crippen LogP contribution in [0.1, 0.15) is 50.6 Å². The van der Waals surface area contributed by atoms with Crippen LogP contribution in [0.2, 0.25) is 0 Å². The predicted octanol–water partition coefficient (Wildman–Crippen LogP) is 2.74. The molecule has 1 saturated carbocycles. The Morgan fingerprint density at radius 2 is 2.24 bits per heavy atom. The summed E-state index contributed by atoms with van der Waals surface area (Å²) in [6.45, 7) is 3.05. The quantitative estimate of drug-likeness (QED) is 0.870. The average molecular weight is 233 g/mol. The van der Waals surface area contributed by atoms with Crippen LogP contribution in [0.5, 0.6) is 0 Å². The molecule has 3 unspecified atom stereocenters. The predicted molar refractivity (Wildman–Crippen MR) is 69.6 cm³/mol. The van der Waals surface area contributed by atoms with Gasteiger partial charge >= 0.3 is 0 Å². The second kappa shape index (κ2) is 6.10. The first kappa shape index (κ1) is 12.5. The van der Waals surface area contributed by atoms with Crippen molar-refractivity contribution in [3.8, 4) is 0 Å². The van der Waals surface area contributed by atoms with Crippen LogP contribution in [0, 0.1) is 11.8 Å². The highest BCUT2D eigenvalue weighted by Crippen LogP contribution is 2.40. The molecular formula is C14H23N3. The van der Waals surface area contributed by atoms with E-state index in [0.29, 0.717) is 11.8 Å². The Kier molecular flexibility index (Phi) is 4.49. The van der Waals surface area contributed by atoms with E-state index in [4.69, 9.17) is 5.73 Å². The van der Waals surface area contributed by atoms with Crippen molar-refractivity contribution < 1.29 is 0 Å². The molecule has 0 radical (unpaired) electrons. The van der Waals surface area contributed by atoms with Crippen molar-refractivity contribution in [2.45, 2.75) is 44.9 Å². The van der Waals surface area contributed by atoms with E-state index in [1.54, 1.807) is 12.4 Å². The second-order valence-corrected chi connectivity index (χ2v) is 5.20. The Bertz CT molecular complexity index is 325. The van der Waals surface area contributed by atoms with Crippen LogP contribution in [-0.4, -0.2) is 16.5 Å². The fourth-order valence-electron chi connectivity index (χ4n) is 3.14. The zero-order chi connectivity index (χ0) is 12.1. The number of rotatable bonds is 4. The van der Waals surface area contributed by atoms with Crippen molar-refractivity contribution >= 4 is 0 Å². The fraction of sp³-hybridized carbons (Fsp3) is 0.714. The van der Waals surface area contributed by atoms with Crippen molar-refractivity contribution in [3.05, 3.63) is 24.3 Å². The highest BCUT2D eigenvalue weighted by atomic mass is 14.8. The lowest BCUT2D eigenvalue weighted by molar-refractivity contribution is 0.226. The van der Waals surface area contributed by atoms with E-state index in [-0.39, 0.29) is 0 Å². The van der Waals surface area contributed by atoms with Gasteiger partial charge in [-0.05, 0) is 31.2 Å². The third kappa shape index (κ3) is 3.03. The molecule has 1 aromatic rings. The van der Waals surface area contributed by atoms with Crippen molar-refractivity contribution in [1.29, 1.82) is 0 Å². The maximum atomic E-state index is 5.90. The molecule has 17 heavy (non-hydrogen) atoms. The van der Waals surface area contributed by atoms with Gasteiger partial charge in [0.05, 0.1) is 5.69 Å². The number of aromatic nitrogens is 2. The molecule has 94 valence electrons. The largest absolute Gasteiger partial charge is 0.330 e. The minimum absolute atomic E-state index is 0.527. The van der Waals surface area contributed by atoms with Gasteiger partial charge in [-0.25, -0.2) is 0 Å². The molecule has 0 aromatic carbocycles. The van der Waals surface area contributed by atoms with E-state index in [2.05, 4.69) is 16.9 Å². The summed E-state index contributed by atoms with van der Waals surface area (Å²) in [6, 6.07) is 0. The topological polar surface area (TPSA) is 51.8 Å². The van der Waals surface area contributed by atoms with E-state index in [9.17, 15) is 0 Å². The van der Waals surface area contributed by atoms with Crippen molar-refractivity contribution in [2.24, 2.45) is 17.6 Å². The van der Waals surface area contributed by atoms with Gasteiger partial charge in [0.2, 0.25) is 0 Å². The zero-order valence-corrected chi connectivity index (χ0v) is 10.7. The van der Waals surface area contributed by atoms with Gasteiger partial charge in [-0.1, -0.05) is 26.2 Å². The minimum Gasteiger partial charge on any atom is -0.330 e. The molecule has 2 N–H and O–H groups in total. The van der Waals surface area contributed by atoms with Crippen molar-refractivity contribution in [1.82, 2.24) is 9.97 Å². The maximum Gasteiger partial charge on any atom is 0.0620 e. The Morgan fingerprint density at radius 1 is 1.35 bits per heavy atom. The van der Waals surface area contributed by atoms with E-state index in [1.807, 2.05) is 6.20 Å².